The van der Waals surface area contributed by atoms with Crippen molar-refractivity contribution < 1.29 is 14.7 Å². The van der Waals surface area contributed by atoms with Gasteiger partial charge in [-0.25, -0.2) is 4.79 Å². The zero-order valence-corrected chi connectivity index (χ0v) is 12.6. The van der Waals surface area contributed by atoms with E-state index in [2.05, 4.69) is 22.6 Å². The summed E-state index contributed by atoms with van der Waals surface area (Å²) < 4.78 is 2.57. The summed E-state index contributed by atoms with van der Waals surface area (Å²) in [7, 11) is 0. The Bertz CT molecular complexity index is 673. The summed E-state index contributed by atoms with van der Waals surface area (Å²) in [5.74, 6) is -1.20. The van der Waals surface area contributed by atoms with Gasteiger partial charge < -0.3 is 9.67 Å². The minimum Gasteiger partial charge on any atom is -0.477 e. The number of ketones is 1. The van der Waals surface area contributed by atoms with E-state index in [1.54, 1.807) is 6.20 Å². The lowest BCUT2D eigenvalue weighted by atomic mass is 10.2. The highest BCUT2D eigenvalue weighted by Gasteiger charge is 2.16. The summed E-state index contributed by atoms with van der Waals surface area (Å²) >= 11 is 2.20. The topological polar surface area (TPSA) is 59.3 Å². The first kappa shape index (κ1) is 13.8. The number of aromatic carboxylic acids is 1. The second-order valence-electron chi connectivity index (χ2n) is 4.28. The molecule has 0 atom stereocenters. The number of carboxylic acid groups (broad SMARTS) is 1. The predicted octanol–water partition coefficient (Wildman–Crippen LogP) is 3.29. The number of hydrogen-bond donors (Lipinski definition) is 1. The summed E-state index contributed by atoms with van der Waals surface area (Å²) in [6.45, 7) is 3.41. The Balaban J connectivity index is 2.62. The lowest BCUT2D eigenvalue weighted by molar-refractivity contribution is 0.0688. The number of carbonyl (C=O) groups excluding carboxylic acids is 1. The Morgan fingerprint density at radius 1 is 1.26 bits per heavy atom. The van der Waals surface area contributed by atoms with Crippen LogP contribution in [0.1, 0.15) is 33.3 Å². The lowest BCUT2D eigenvalue weighted by Gasteiger charge is -2.08. The van der Waals surface area contributed by atoms with Crippen LogP contribution >= 0.6 is 22.6 Å². The molecule has 0 aliphatic rings. The van der Waals surface area contributed by atoms with E-state index in [1.807, 2.05) is 25.1 Å². The van der Waals surface area contributed by atoms with Crippen molar-refractivity contribution in [3.05, 3.63) is 50.9 Å². The van der Waals surface area contributed by atoms with Gasteiger partial charge >= 0.3 is 5.97 Å². The van der Waals surface area contributed by atoms with Crippen molar-refractivity contribution in [2.45, 2.75) is 13.8 Å². The molecule has 0 aliphatic heterocycles. The molecular weight excluding hydrogens is 357 g/mol. The molecule has 0 unspecified atom stereocenters. The second kappa shape index (κ2) is 5.16. The van der Waals surface area contributed by atoms with Gasteiger partial charge in [-0.2, -0.15) is 0 Å². The molecule has 1 aromatic carbocycles. The largest absolute Gasteiger partial charge is 0.477 e. The molecule has 0 amide bonds. The third-order valence-corrected chi connectivity index (χ3v) is 4.04. The second-order valence-corrected chi connectivity index (χ2v) is 5.44. The van der Waals surface area contributed by atoms with Crippen LogP contribution in [0, 0.1) is 10.5 Å². The molecule has 1 N–H and O–H groups in total. The van der Waals surface area contributed by atoms with Gasteiger partial charge in [0.05, 0.1) is 0 Å². The summed E-state index contributed by atoms with van der Waals surface area (Å²) in [6, 6.07) is 7.06. The molecule has 1 aromatic heterocycles. The SMILES string of the molecule is CC(=O)c1cc(C(=O)O)n(-c2ccc(C)c(I)c2)c1. The summed E-state index contributed by atoms with van der Waals surface area (Å²) in [4.78, 5) is 22.6. The van der Waals surface area contributed by atoms with Crippen LogP contribution < -0.4 is 0 Å². The number of Topliss-reactive ketones (excluding diaryl/α,β-unsaturated/α-hetero) is 1. The standard InChI is InChI=1S/C14H12INO3/c1-8-3-4-11(6-12(8)15)16-7-10(9(2)17)5-13(16)14(18)19/h3-7H,1-2H3,(H,18,19). The fraction of sp³-hybridized carbons (Fsp3) is 0.143. The van der Waals surface area contributed by atoms with Crippen molar-refractivity contribution in [1.29, 1.82) is 0 Å². The fourth-order valence-electron chi connectivity index (χ4n) is 1.77. The van der Waals surface area contributed by atoms with Crippen LogP contribution in [0.25, 0.3) is 5.69 Å². The van der Waals surface area contributed by atoms with Crippen LogP contribution in [-0.4, -0.2) is 21.4 Å². The van der Waals surface area contributed by atoms with Crippen LogP contribution in [0.15, 0.2) is 30.5 Å². The predicted molar refractivity (Wildman–Crippen MR) is 80.2 cm³/mol. The normalized spacial score (nSPS) is 10.5. The van der Waals surface area contributed by atoms with Gasteiger partial charge in [0.15, 0.2) is 5.78 Å². The van der Waals surface area contributed by atoms with Gasteiger partial charge in [-0.05, 0) is 60.2 Å². The molecule has 0 saturated heterocycles. The molecule has 4 nitrogen and oxygen atoms in total. The number of halogens is 1. The molecule has 2 aromatic rings. The maximum atomic E-state index is 11.4. The molecule has 2 rings (SSSR count). The molecule has 0 fully saturated rings. The highest BCUT2D eigenvalue weighted by molar-refractivity contribution is 14.1. The molecule has 1 heterocycles. The first-order valence-electron chi connectivity index (χ1n) is 5.63. The molecular formula is C14H12INO3. The van der Waals surface area contributed by atoms with Crippen LogP contribution in [-0.2, 0) is 0 Å². The smallest absolute Gasteiger partial charge is 0.352 e. The highest BCUT2D eigenvalue weighted by atomic mass is 127. The van der Waals surface area contributed by atoms with Gasteiger partial charge in [0.25, 0.3) is 0 Å². The average Bonchev–Trinajstić information content (AvgIpc) is 2.78. The number of aromatic nitrogens is 1. The molecule has 0 aliphatic carbocycles. The van der Waals surface area contributed by atoms with Crippen molar-refractivity contribution in [1.82, 2.24) is 4.57 Å². The minimum absolute atomic E-state index is 0.0878. The van der Waals surface area contributed by atoms with E-state index in [9.17, 15) is 14.7 Å². The fourth-order valence-corrected chi connectivity index (χ4v) is 2.26. The van der Waals surface area contributed by atoms with E-state index < -0.39 is 5.97 Å². The first-order valence-corrected chi connectivity index (χ1v) is 6.71. The van der Waals surface area contributed by atoms with Crippen molar-refractivity contribution in [3.8, 4) is 5.69 Å². The number of rotatable bonds is 3. The molecule has 98 valence electrons. The van der Waals surface area contributed by atoms with Crippen molar-refractivity contribution >= 4 is 34.3 Å². The van der Waals surface area contributed by atoms with Gasteiger partial charge in [-0.3, -0.25) is 4.79 Å². The maximum absolute atomic E-state index is 11.4. The molecule has 5 heteroatoms. The Morgan fingerprint density at radius 2 is 1.95 bits per heavy atom. The summed E-state index contributed by atoms with van der Waals surface area (Å²) in [5, 5.41) is 9.21. The third kappa shape index (κ3) is 2.70. The molecule has 0 bridgehead atoms. The number of hydrogen-bond acceptors (Lipinski definition) is 2. The summed E-state index contributed by atoms with van der Waals surface area (Å²) in [5.41, 5.74) is 2.35. The monoisotopic (exact) mass is 369 g/mol. The van der Waals surface area contributed by atoms with Gasteiger partial charge in [-0.1, -0.05) is 6.07 Å². The Labute approximate surface area is 124 Å². The minimum atomic E-state index is -1.05. The highest BCUT2D eigenvalue weighted by Crippen LogP contribution is 2.20. The van der Waals surface area contributed by atoms with Crippen LogP contribution in [0.3, 0.4) is 0 Å². The van der Waals surface area contributed by atoms with E-state index in [0.29, 0.717) is 5.56 Å². The van der Waals surface area contributed by atoms with E-state index in [4.69, 9.17) is 0 Å². The molecule has 0 radical (unpaired) electrons. The number of carboxylic acids is 1. The van der Waals surface area contributed by atoms with E-state index in [-0.39, 0.29) is 11.5 Å². The number of aryl methyl sites for hydroxylation is 1. The van der Waals surface area contributed by atoms with Crippen LogP contribution in [0.5, 0.6) is 0 Å². The zero-order valence-electron chi connectivity index (χ0n) is 10.5. The van der Waals surface area contributed by atoms with Crippen molar-refractivity contribution in [2.75, 3.05) is 0 Å². The third-order valence-electron chi connectivity index (χ3n) is 2.88. The molecule has 19 heavy (non-hydrogen) atoms. The average molecular weight is 369 g/mol. The molecule has 0 spiro atoms. The Morgan fingerprint density at radius 3 is 2.47 bits per heavy atom. The Hall–Kier alpha value is -1.63. The van der Waals surface area contributed by atoms with Crippen LogP contribution in [0.4, 0.5) is 0 Å². The van der Waals surface area contributed by atoms with Crippen LogP contribution in [0.2, 0.25) is 0 Å². The van der Waals surface area contributed by atoms with Crippen molar-refractivity contribution in [3.63, 3.8) is 0 Å². The van der Waals surface area contributed by atoms with E-state index >= 15 is 0 Å². The maximum Gasteiger partial charge on any atom is 0.352 e. The van der Waals surface area contributed by atoms with Gasteiger partial charge in [0.2, 0.25) is 0 Å². The number of nitrogens with zero attached hydrogens (tertiary/aromatic N) is 1. The van der Waals surface area contributed by atoms with Gasteiger partial charge in [-0.15, -0.1) is 0 Å². The van der Waals surface area contributed by atoms with Crippen molar-refractivity contribution in [2.24, 2.45) is 0 Å². The zero-order chi connectivity index (χ0) is 14.2. The summed E-state index contributed by atoms with van der Waals surface area (Å²) in [6.07, 6.45) is 1.56. The van der Waals surface area contributed by atoms with E-state index in [1.165, 1.54) is 17.6 Å². The Kier molecular flexibility index (Phi) is 3.75. The quantitative estimate of drug-likeness (QED) is 0.667. The van der Waals surface area contributed by atoms with Gasteiger partial charge in [0.1, 0.15) is 5.69 Å². The van der Waals surface area contributed by atoms with E-state index in [0.717, 1.165) is 14.8 Å². The number of carbonyl (C=O) groups is 2. The molecule has 0 saturated carbocycles. The first-order chi connectivity index (χ1) is 8.90. The van der Waals surface area contributed by atoms with Gasteiger partial charge in [0, 0.05) is 21.0 Å². The lowest BCUT2D eigenvalue weighted by Crippen LogP contribution is -2.05. The number of benzene rings is 1.